The highest BCUT2D eigenvalue weighted by Gasteiger charge is 2.27. The zero-order chi connectivity index (χ0) is 18.6. The quantitative estimate of drug-likeness (QED) is 0.429. The number of nitrogens with one attached hydrogen (secondary N) is 1. The minimum Gasteiger partial charge on any atom is -0.296 e. The van der Waals surface area contributed by atoms with Gasteiger partial charge in [0.25, 0.3) is 5.91 Å². The Bertz CT molecular complexity index is 905. The van der Waals surface area contributed by atoms with E-state index in [1.54, 1.807) is 18.2 Å². The maximum absolute atomic E-state index is 12.6. The second-order valence-corrected chi connectivity index (χ2v) is 9.75. The van der Waals surface area contributed by atoms with Gasteiger partial charge in [-0.25, -0.2) is 8.42 Å². The molecule has 0 spiro atoms. The topological polar surface area (TPSA) is 92.3 Å². The number of sulfonamides is 1. The summed E-state index contributed by atoms with van der Waals surface area (Å²) in [5, 5.41) is 10.9. The number of carbonyl (C=O) groups is 1. The Balaban J connectivity index is 1.74. The molecule has 0 bridgehead atoms. The van der Waals surface area contributed by atoms with Gasteiger partial charge in [-0.3, -0.25) is 10.1 Å². The van der Waals surface area contributed by atoms with Crippen LogP contribution in [0.5, 0.6) is 0 Å². The van der Waals surface area contributed by atoms with Crippen LogP contribution in [-0.2, 0) is 10.0 Å². The lowest BCUT2D eigenvalue weighted by atomic mass is 10.2. The number of amides is 1. The molecule has 1 aliphatic heterocycles. The molecule has 2 aromatic rings. The van der Waals surface area contributed by atoms with Gasteiger partial charge in [0.15, 0.2) is 4.34 Å². The van der Waals surface area contributed by atoms with Gasteiger partial charge in [-0.2, -0.15) is 4.31 Å². The Hall–Kier alpha value is -1.75. The van der Waals surface area contributed by atoms with Crippen molar-refractivity contribution < 1.29 is 13.2 Å². The monoisotopic (exact) mass is 410 g/mol. The molecule has 0 saturated carbocycles. The summed E-state index contributed by atoms with van der Waals surface area (Å²) < 4.78 is 27.5. The maximum atomic E-state index is 12.6. The zero-order valence-corrected chi connectivity index (χ0v) is 16.4. The molecule has 1 N–H and O–H groups in total. The molecular formula is C16H18N4O3S3. The highest BCUT2D eigenvalue weighted by molar-refractivity contribution is 8.01. The van der Waals surface area contributed by atoms with Crippen molar-refractivity contribution in [1.82, 2.24) is 14.5 Å². The van der Waals surface area contributed by atoms with Crippen LogP contribution in [-0.4, -0.2) is 47.7 Å². The summed E-state index contributed by atoms with van der Waals surface area (Å²) in [5.74, 6) is 0.291. The first-order chi connectivity index (χ1) is 12.5. The van der Waals surface area contributed by atoms with Crippen LogP contribution in [0, 0.1) is 0 Å². The molecule has 1 amide bonds. The molecule has 1 aliphatic rings. The van der Waals surface area contributed by atoms with E-state index < -0.39 is 15.9 Å². The first kappa shape index (κ1) is 19.0. The predicted octanol–water partition coefficient (Wildman–Crippen LogP) is 2.85. The first-order valence-corrected chi connectivity index (χ1v) is 11.2. The molecule has 1 fully saturated rings. The molecule has 1 aromatic heterocycles. The highest BCUT2D eigenvalue weighted by Crippen LogP contribution is 2.26. The van der Waals surface area contributed by atoms with Crippen LogP contribution >= 0.6 is 23.1 Å². The number of thioether (sulfide) groups is 1. The normalized spacial score (nSPS) is 15.1. The standard InChI is InChI=1S/C16H18N4O3S3/c1-2-10-24-16-19-18-15(25-16)17-14(21)12-6-5-7-13(11-12)26(22,23)20-8-3-4-9-20/h2,5-7,11H,1,3-4,8-10H2,(H,17,18,21). The van der Waals surface area contributed by atoms with E-state index in [0.717, 1.165) is 17.2 Å². The van der Waals surface area contributed by atoms with Crippen molar-refractivity contribution in [2.75, 3.05) is 24.2 Å². The van der Waals surface area contributed by atoms with E-state index in [9.17, 15) is 13.2 Å². The highest BCUT2D eigenvalue weighted by atomic mass is 32.2. The average Bonchev–Trinajstić information content (AvgIpc) is 3.32. The van der Waals surface area contributed by atoms with Gasteiger partial charge in [0.05, 0.1) is 4.90 Å². The fraction of sp³-hybridized carbons (Fsp3) is 0.312. The third kappa shape index (κ3) is 4.32. The van der Waals surface area contributed by atoms with Crippen molar-refractivity contribution in [2.45, 2.75) is 22.1 Å². The molecule has 3 rings (SSSR count). The third-order valence-corrected chi connectivity index (χ3v) is 7.61. The van der Waals surface area contributed by atoms with Crippen LogP contribution in [0.15, 0.2) is 46.2 Å². The van der Waals surface area contributed by atoms with Crippen LogP contribution in [0.3, 0.4) is 0 Å². The first-order valence-electron chi connectivity index (χ1n) is 7.99. The summed E-state index contributed by atoms with van der Waals surface area (Å²) in [6.45, 7) is 4.69. The largest absolute Gasteiger partial charge is 0.296 e. The zero-order valence-electron chi connectivity index (χ0n) is 13.9. The summed E-state index contributed by atoms with van der Waals surface area (Å²) in [4.78, 5) is 12.6. The lowest BCUT2D eigenvalue weighted by molar-refractivity contribution is 0.102. The molecule has 10 heteroatoms. The van der Waals surface area contributed by atoms with Crippen LogP contribution in [0.2, 0.25) is 0 Å². The van der Waals surface area contributed by atoms with Crippen molar-refractivity contribution in [3.05, 3.63) is 42.5 Å². The average molecular weight is 411 g/mol. The summed E-state index contributed by atoms with van der Waals surface area (Å²) in [6.07, 6.45) is 3.49. The Kier molecular flexibility index (Phi) is 6.07. The Morgan fingerprint density at radius 1 is 1.35 bits per heavy atom. The van der Waals surface area contributed by atoms with Crippen LogP contribution in [0.25, 0.3) is 0 Å². The number of hydrogen-bond donors (Lipinski definition) is 1. The van der Waals surface area contributed by atoms with Crippen molar-refractivity contribution in [1.29, 1.82) is 0 Å². The van der Waals surface area contributed by atoms with Crippen LogP contribution in [0.4, 0.5) is 5.13 Å². The number of benzene rings is 1. The van der Waals surface area contributed by atoms with E-state index in [1.807, 2.05) is 0 Å². The van der Waals surface area contributed by atoms with Gasteiger partial charge in [0, 0.05) is 24.4 Å². The molecule has 0 unspecified atom stereocenters. The smallest absolute Gasteiger partial charge is 0.257 e. The maximum Gasteiger partial charge on any atom is 0.257 e. The molecule has 0 radical (unpaired) electrons. The van der Waals surface area contributed by atoms with E-state index in [4.69, 9.17) is 0 Å². The molecule has 1 saturated heterocycles. The fourth-order valence-electron chi connectivity index (χ4n) is 2.49. The summed E-state index contributed by atoms with van der Waals surface area (Å²) in [5.41, 5.74) is 0.265. The van der Waals surface area contributed by atoms with E-state index >= 15 is 0 Å². The van der Waals surface area contributed by atoms with Crippen molar-refractivity contribution in [3.8, 4) is 0 Å². The summed E-state index contributed by atoms with van der Waals surface area (Å²) in [7, 11) is -3.56. The lowest BCUT2D eigenvalue weighted by Crippen LogP contribution is -2.28. The number of carbonyl (C=O) groups excluding carboxylic acids is 1. The van der Waals surface area contributed by atoms with Gasteiger partial charge >= 0.3 is 0 Å². The SMILES string of the molecule is C=CCSc1nnc(NC(=O)c2cccc(S(=O)(=O)N3CCCC3)c2)s1. The van der Waals surface area contributed by atoms with Crippen molar-refractivity contribution in [2.24, 2.45) is 0 Å². The van der Waals surface area contributed by atoms with E-state index in [1.165, 1.54) is 39.5 Å². The Morgan fingerprint density at radius 3 is 2.85 bits per heavy atom. The molecule has 0 aliphatic carbocycles. The van der Waals surface area contributed by atoms with Crippen LogP contribution < -0.4 is 5.32 Å². The predicted molar refractivity (Wildman–Crippen MR) is 103 cm³/mol. The minimum atomic E-state index is -3.56. The molecule has 26 heavy (non-hydrogen) atoms. The van der Waals surface area contributed by atoms with Gasteiger partial charge in [-0.15, -0.1) is 16.8 Å². The number of rotatable bonds is 7. The molecule has 7 nitrogen and oxygen atoms in total. The summed E-state index contributed by atoms with van der Waals surface area (Å²) in [6, 6.07) is 6.06. The molecule has 2 heterocycles. The Labute approximate surface area is 160 Å². The van der Waals surface area contributed by atoms with Gasteiger partial charge in [-0.1, -0.05) is 35.2 Å². The molecule has 1 aromatic carbocycles. The Morgan fingerprint density at radius 2 is 2.12 bits per heavy atom. The van der Waals surface area contributed by atoms with E-state index in [2.05, 4.69) is 22.1 Å². The number of nitrogens with zero attached hydrogens (tertiary/aromatic N) is 3. The van der Waals surface area contributed by atoms with E-state index in [-0.39, 0.29) is 10.5 Å². The molecule has 138 valence electrons. The number of hydrogen-bond acceptors (Lipinski definition) is 7. The second kappa shape index (κ2) is 8.30. The van der Waals surface area contributed by atoms with Gasteiger partial charge in [0.2, 0.25) is 15.2 Å². The number of aromatic nitrogens is 2. The number of anilines is 1. The molecular weight excluding hydrogens is 392 g/mol. The second-order valence-electron chi connectivity index (χ2n) is 5.57. The minimum absolute atomic E-state index is 0.131. The summed E-state index contributed by atoms with van der Waals surface area (Å²) >= 11 is 2.74. The van der Waals surface area contributed by atoms with Gasteiger partial charge in [0.1, 0.15) is 0 Å². The van der Waals surface area contributed by atoms with Crippen molar-refractivity contribution >= 4 is 44.2 Å². The fourth-order valence-corrected chi connectivity index (χ4v) is 5.56. The van der Waals surface area contributed by atoms with Gasteiger partial charge in [-0.05, 0) is 31.0 Å². The third-order valence-electron chi connectivity index (χ3n) is 3.75. The molecule has 0 atom stereocenters. The van der Waals surface area contributed by atoms with Crippen LogP contribution in [0.1, 0.15) is 23.2 Å². The lowest BCUT2D eigenvalue weighted by Gasteiger charge is -2.15. The van der Waals surface area contributed by atoms with Crippen molar-refractivity contribution in [3.63, 3.8) is 0 Å². The van der Waals surface area contributed by atoms with Gasteiger partial charge < -0.3 is 0 Å². The van der Waals surface area contributed by atoms with E-state index in [0.29, 0.717) is 24.0 Å².